The molecule has 0 spiro atoms. The van der Waals surface area contributed by atoms with Gasteiger partial charge in [-0.05, 0) is 80.5 Å². The summed E-state index contributed by atoms with van der Waals surface area (Å²) in [6.07, 6.45) is 18.5. The molecule has 4 heteroatoms. The molecule has 0 N–H and O–H groups in total. The van der Waals surface area contributed by atoms with Crippen LogP contribution in [0.25, 0.3) is 0 Å². The Labute approximate surface area is 183 Å². The van der Waals surface area contributed by atoms with Crippen molar-refractivity contribution in [3.8, 4) is 0 Å². The monoisotopic (exact) mass is 414 g/mol. The quantitative estimate of drug-likeness (QED) is 0.634. The lowest BCUT2D eigenvalue weighted by Gasteiger charge is -2.57. The van der Waals surface area contributed by atoms with Crippen LogP contribution >= 0.6 is 0 Å². The minimum Gasteiger partial charge on any atom is -0.341 e. The Hall–Kier alpha value is -1.06. The summed E-state index contributed by atoms with van der Waals surface area (Å²) in [5.74, 6) is 4.21. The van der Waals surface area contributed by atoms with Gasteiger partial charge in [0, 0.05) is 39.0 Å². The van der Waals surface area contributed by atoms with Crippen molar-refractivity contribution in [3.05, 3.63) is 0 Å². The van der Waals surface area contributed by atoms with Gasteiger partial charge in [0.1, 0.15) is 0 Å². The molecule has 0 aromatic rings. The Bertz CT molecular complexity index is 604. The van der Waals surface area contributed by atoms with E-state index in [1.54, 1.807) is 0 Å². The molecule has 1 heterocycles. The molecule has 168 valence electrons. The van der Waals surface area contributed by atoms with Crippen LogP contribution in [-0.4, -0.2) is 47.8 Å². The molecular weight excluding hydrogens is 372 g/mol. The van der Waals surface area contributed by atoms with E-state index in [0.717, 1.165) is 69.1 Å². The zero-order valence-corrected chi connectivity index (χ0v) is 19.0. The molecule has 1 aliphatic heterocycles. The molecule has 0 aromatic heterocycles. The summed E-state index contributed by atoms with van der Waals surface area (Å²) < 4.78 is 0. The zero-order chi connectivity index (χ0) is 20.6. The van der Waals surface area contributed by atoms with Crippen LogP contribution in [0.3, 0.4) is 0 Å². The Balaban J connectivity index is 1.10. The predicted octanol–water partition coefficient (Wildman–Crippen LogP) is 5.01. The molecule has 4 nitrogen and oxygen atoms in total. The van der Waals surface area contributed by atoms with Crippen molar-refractivity contribution in [1.82, 2.24) is 9.80 Å². The third-order valence-electron chi connectivity index (χ3n) is 9.38. The maximum atomic E-state index is 13.3. The number of amides is 2. The number of carbonyl (C=O) groups is 2. The lowest BCUT2D eigenvalue weighted by Crippen LogP contribution is -2.48. The van der Waals surface area contributed by atoms with Crippen LogP contribution in [-0.2, 0) is 9.59 Å². The van der Waals surface area contributed by atoms with Gasteiger partial charge in [-0.25, -0.2) is 0 Å². The molecule has 30 heavy (non-hydrogen) atoms. The molecule has 5 saturated carbocycles. The van der Waals surface area contributed by atoms with E-state index < -0.39 is 0 Å². The molecule has 2 amide bonds. The van der Waals surface area contributed by atoms with Crippen LogP contribution in [0.4, 0.5) is 0 Å². The SMILES string of the molecule is O=C(CCC1CCCCC1)N1CCCN(C(=O)CC23CC4CC(CC(C4)C2)C3)CC1. The molecular formula is C26H42N2O2. The Kier molecular flexibility index (Phi) is 6.12. The van der Waals surface area contributed by atoms with Crippen molar-refractivity contribution < 1.29 is 9.59 Å². The van der Waals surface area contributed by atoms with Gasteiger partial charge in [0.15, 0.2) is 0 Å². The van der Waals surface area contributed by atoms with Crippen LogP contribution in [0.15, 0.2) is 0 Å². The summed E-state index contributed by atoms with van der Waals surface area (Å²) in [5, 5.41) is 0. The molecule has 6 fully saturated rings. The summed E-state index contributed by atoms with van der Waals surface area (Å²) in [4.78, 5) is 30.2. The third-order valence-corrected chi connectivity index (χ3v) is 9.38. The fraction of sp³-hybridized carbons (Fsp3) is 0.923. The van der Waals surface area contributed by atoms with Crippen molar-refractivity contribution in [2.45, 2.75) is 96.3 Å². The predicted molar refractivity (Wildman–Crippen MR) is 119 cm³/mol. The summed E-state index contributed by atoms with van der Waals surface area (Å²) in [6, 6.07) is 0. The van der Waals surface area contributed by atoms with E-state index in [9.17, 15) is 9.59 Å². The molecule has 5 aliphatic carbocycles. The first-order valence-electron chi connectivity index (χ1n) is 13.1. The first-order valence-corrected chi connectivity index (χ1v) is 13.1. The van der Waals surface area contributed by atoms with E-state index in [1.165, 1.54) is 70.6 Å². The molecule has 6 aliphatic rings. The lowest BCUT2D eigenvalue weighted by atomic mass is 9.49. The van der Waals surface area contributed by atoms with E-state index in [1.807, 2.05) is 0 Å². The molecule has 4 bridgehead atoms. The highest BCUT2D eigenvalue weighted by atomic mass is 16.2. The molecule has 0 radical (unpaired) electrons. The smallest absolute Gasteiger partial charge is 0.223 e. The third kappa shape index (κ3) is 4.58. The maximum absolute atomic E-state index is 13.3. The summed E-state index contributed by atoms with van der Waals surface area (Å²) >= 11 is 0. The molecule has 0 aromatic carbocycles. The average Bonchev–Trinajstić information content (AvgIpc) is 2.98. The molecule has 6 rings (SSSR count). The van der Waals surface area contributed by atoms with Gasteiger partial charge in [-0.2, -0.15) is 0 Å². The molecule has 0 unspecified atom stereocenters. The van der Waals surface area contributed by atoms with Gasteiger partial charge in [0.2, 0.25) is 11.8 Å². The normalized spacial score (nSPS) is 36.7. The van der Waals surface area contributed by atoms with Crippen molar-refractivity contribution in [2.24, 2.45) is 29.1 Å². The fourth-order valence-corrected chi connectivity index (χ4v) is 8.32. The Morgan fingerprint density at radius 3 is 1.87 bits per heavy atom. The van der Waals surface area contributed by atoms with E-state index in [2.05, 4.69) is 9.80 Å². The van der Waals surface area contributed by atoms with Gasteiger partial charge in [0.25, 0.3) is 0 Å². The second-order valence-corrected chi connectivity index (χ2v) is 11.8. The summed E-state index contributed by atoms with van der Waals surface area (Å²) in [5.41, 5.74) is 0.327. The molecule has 1 saturated heterocycles. The van der Waals surface area contributed by atoms with Gasteiger partial charge in [0.05, 0.1) is 0 Å². The Morgan fingerprint density at radius 2 is 1.27 bits per heavy atom. The fourth-order valence-electron chi connectivity index (χ4n) is 8.32. The minimum atomic E-state index is 0.327. The largest absolute Gasteiger partial charge is 0.341 e. The van der Waals surface area contributed by atoms with Gasteiger partial charge >= 0.3 is 0 Å². The van der Waals surface area contributed by atoms with Crippen molar-refractivity contribution in [2.75, 3.05) is 26.2 Å². The number of nitrogens with zero attached hydrogens (tertiary/aromatic N) is 2. The first-order chi connectivity index (χ1) is 14.6. The lowest BCUT2D eigenvalue weighted by molar-refractivity contribution is -0.140. The van der Waals surface area contributed by atoms with E-state index >= 15 is 0 Å². The summed E-state index contributed by atoms with van der Waals surface area (Å²) in [6.45, 7) is 3.18. The highest BCUT2D eigenvalue weighted by Gasteiger charge is 2.51. The van der Waals surface area contributed by atoms with Crippen LogP contribution in [0.5, 0.6) is 0 Å². The van der Waals surface area contributed by atoms with Crippen LogP contribution in [0, 0.1) is 29.1 Å². The zero-order valence-electron chi connectivity index (χ0n) is 19.0. The highest BCUT2D eigenvalue weighted by molar-refractivity contribution is 5.78. The van der Waals surface area contributed by atoms with Crippen LogP contribution in [0.1, 0.15) is 96.3 Å². The maximum Gasteiger partial charge on any atom is 0.223 e. The number of hydrogen-bond acceptors (Lipinski definition) is 2. The Morgan fingerprint density at radius 1 is 0.700 bits per heavy atom. The van der Waals surface area contributed by atoms with Crippen LogP contribution < -0.4 is 0 Å². The van der Waals surface area contributed by atoms with Gasteiger partial charge in [-0.15, -0.1) is 0 Å². The topological polar surface area (TPSA) is 40.6 Å². The van der Waals surface area contributed by atoms with Gasteiger partial charge < -0.3 is 9.80 Å². The standard InChI is InChI=1S/C26H42N2O2/c29-24(8-7-20-5-2-1-3-6-20)27-9-4-10-28(12-11-27)25(30)19-26-16-21-13-22(17-26)15-23(14-21)18-26/h20-23H,1-19H2. The van der Waals surface area contributed by atoms with Crippen molar-refractivity contribution in [3.63, 3.8) is 0 Å². The van der Waals surface area contributed by atoms with E-state index in [-0.39, 0.29) is 0 Å². The second kappa shape index (κ2) is 8.82. The number of carbonyl (C=O) groups excluding carboxylic acids is 2. The van der Waals surface area contributed by atoms with Crippen molar-refractivity contribution in [1.29, 1.82) is 0 Å². The number of rotatable bonds is 5. The second-order valence-electron chi connectivity index (χ2n) is 11.8. The van der Waals surface area contributed by atoms with Gasteiger partial charge in [-0.1, -0.05) is 32.1 Å². The number of hydrogen-bond donors (Lipinski definition) is 0. The first kappa shape index (κ1) is 20.8. The van der Waals surface area contributed by atoms with Crippen LogP contribution in [0.2, 0.25) is 0 Å². The van der Waals surface area contributed by atoms with Crippen molar-refractivity contribution >= 4 is 11.8 Å². The molecule has 0 atom stereocenters. The van der Waals surface area contributed by atoms with E-state index in [4.69, 9.17) is 0 Å². The minimum absolute atomic E-state index is 0.327. The van der Waals surface area contributed by atoms with Gasteiger partial charge in [-0.3, -0.25) is 9.59 Å². The average molecular weight is 415 g/mol. The summed E-state index contributed by atoms with van der Waals surface area (Å²) in [7, 11) is 0. The van der Waals surface area contributed by atoms with E-state index in [0.29, 0.717) is 23.7 Å². The highest BCUT2D eigenvalue weighted by Crippen LogP contribution is 2.61.